The molecule has 0 aliphatic heterocycles. The zero-order valence-corrected chi connectivity index (χ0v) is 10.3. The number of nitrogens with one attached hydrogen (secondary N) is 1. The third-order valence-corrected chi connectivity index (χ3v) is 3.18. The van der Waals surface area contributed by atoms with Crippen molar-refractivity contribution in [2.24, 2.45) is 5.41 Å². The minimum absolute atomic E-state index is 0.0402. The van der Waals surface area contributed by atoms with Gasteiger partial charge in [0, 0.05) is 18.6 Å². The molecule has 0 saturated carbocycles. The maximum atomic E-state index is 11.6. The van der Waals surface area contributed by atoms with Gasteiger partial charge in [-0.05, 0) is 12.1 Å². The van der Waals surface area contributed by atoms with Gasteiger partial charge in [-0.3, -0.25) is 4.79 Å². The molecule has 1 rings (SSSR count). The standard InChI is InChI=1S/C10H14ClNO2S/c1-10(2,6-13)5-12-9(14)7-3-4-8(11)15-7/h3-4,13H,5-6H2,1-2H3,(H,12,14). The highest BCUT2D eigenvalue weighted by Crippen LogP contribution is 2.21. The summed E-state index contributed by atoms with van der Waals surface area (Å²) in [6.45, 7) is 4.25. The van der Waals surface area contributed by atoms with Crippen molar-refractivity contribution in [1.29, 1.82) is 0 Å². The Balaban J connectivity index is 2.50. The summed E-state index contributed by atoms with van der Waals surface area (Å²) in [5, 5.41) is 11.8. The number of hydrogen-bond donors (Lipinski definition) is 2. The summed E-state index contributed by atoms with van der Waals surface area (Å²) in [5.41, 5.74) is -0.295. The lowest BCUT2D eigenvalue weighted by atomic mass is 9.95. The molecule has 1 aromatic rings. The lowest BCUT2D eigenvalue weighted by molar-refractivity contribution is 0.0915. The molecule has 1 aromatic heterocycles. The maximum Gasteiger partial charge on any atom is 0.261 e. The van der Waals surface area contributed by atoms with E-state index in [1.54, 1.807) is 12.1 Å². The van der Waals surface area contributed by atoms with Gasteiger partial charge in [-0.15, -0.1) is 11.3 Å². The van der Waals surface area contributed by atoms with Crippen molar-refractivity contribution in [3.05, 3.63) is 21.3 Å². The molecule has 1 amide bonds. The molecule has 0 radical (unpaired) electrons. The highest BCUT2D eigenvalue weighted by Gasteiger charge is 2.18. The molecular weight excluding hydrogens is 234 g/mol. The third kappa shape index (κ3) is 3.81. The predicted octanol–water partition coefficient (Wildman–Crippen LogP) is 2.15. The summed E-state index contributed by atoms with van der Waals surface area (Å²) >= 11 is 6.97. The minimum atomic E-state index is -0.295. The Morgan fingerprint density at radius 2 is 2.27 bits per heavy atom. The second-order valence-corrected chi connectivity index (χ2v) is 5.82. The quantitative estimate of drug-likeness (QED) is 0.857. The lowest BCUT2D eigenvalue weighted by Gasteiger charge is -2.21. The van der Waals surface area contributed by atoms with E-state index >= 15 is 0 Å². The average Bonchev–Trinajstić information content (AvgIpc) is 2.61. The van der Waals surface area contributed by atoms with Crippen LogP contribution in [0, 0.1) is 5.41 Å². The molecule has 0 fully saturated rings. The van der Waals surface area contributed by atoms with Crippen LogP contribution < -0.4 is 5.32 Å². The maximum absolute atomic E-state index is 11.6. The van der Waals surface area contributed by atoms with Gasteiger partial charge in [-0.1, -0.05) is 25.4 Å². The molecule has 0 spiro atoms. The fourth-order valence-corrected chi connectivity index (χ4v) is 1.86. The van der Waals surface area contributed by atoms with Crippen LogP contribution in [0.5, 0.6) is 0 Å². The van der Waals surface area contributed by atoms with Crippen molar-refractivity contribution in [2.45, 2.75) is 13.8 Å². The molecule has 0 saturated heterocycles. The van der Waals surface area contributed by atoms with E-state index in [0.717, 1.165) is 0 Å². The van der Waals surface area contributed by atoms with Crippen LogP contribution in [-0.4, -0.2) is 24.2 Å². The summed E-state index contributed by atoms with van der Waals surface area (Å²) < 4.78 is 0.599. The second kappa shape index (κ2) is 4.96. The molecule has 0 atom stereocenters. The average molecular weight is 248 g/mol. The number of thiophene rings is 1. The Morgan fingerprint density at radius 3 is 2.73 bits per heavy atom. The van der Waals surface area contributed by atoms with Crippen LogP contribution in [0.25, 0.3) is 0 Å². The highest BCUT2D eigenvalue weighted by molar-refractivity contribution is 7.17. The first kappa shape index (κ1) is 12.5. The van der Waals surface area contributed by atoms with Gasteiger partial charge >= 0.3 is 0 Å². The zero-order chi connectivity index (χ0) is 11.5. The van der Waals surface area contributed by atoms with Crippen LogP contribution in [0.2, 0.25) is 4.34 Å². The lowest BCUT2D eigenvalue weighted by Crippen LogP contribution is -2.35. The van der Waals surface area contributed by atoms with Gasteiger partial charge in [0.25, 0.3) is 5.91 Å². The molecule has 0 aliphatic rings. The molecule has 0 aliphatic carbocycles. The van der Waals surface area contributed by atoms with E-state index in [9.17, 15) is 4.79 Å². The number of amides is 1. The summed E-state index contributed by atoms with van der Waals surface area (Å²) in [6, 6.07) is 3.38. The van der Waals surface area contributed by atoms with Crippen molar-refractivity contribution in [3.8, 4) is 0 Å². The zero-order valence-electron chi connectivity index (χ0n) is 8.71. The smallest absolute Gasteiger partial charge is 0.261 e. The van der Waals surface area contributed by atoms with Crippen LogP contribution in [0.1, 0.15) is 23.5 Å². The van der Waals surface area contributed by atoms with Crippen LogP contribution in [0.3, 0.4) is 0 Å². The Labute approximate surface area is 98.1 Å². The van der Waals surface area contributed by atoms with E-state index in [0.29, 0.717) is 15.8 Å². The molecule has 2 N–H and O–H groups in total. The molecule has 84 valence electrons. The summed E-state index contributed by atoms with van der Waals surface area (Å²) in [5.74, 6) is -0.145. The number of rotatable bonds is 4. The minimum Gasteiger partial charge on any atom is -0.396 e. The number of carbonyl (C=O) groups excluding carboxylic acids is 1. The van der Waals surface area contributed by atoms with E-state index in [2.05, 4.69) is 5.32 Å². The fraction of sp³-hybridized carbons (Fsp3) is 0.500. The third-order valence-electron chi connectivity index (χ3n) is 1.95. The van der Waals surface area contributed by atoms with E-state index in [-0.39, 0.29) is 17.9 Å². The first-order valence-electron chi connectivity index (χ1n) is 4.59. The van der Waals surface area contributed by atoms with Gasteiger partial charge in [0.15, 0.2) is 0 Å². The molecule has 0 bridgehead atoms. The van der Waals surface area contributed by atoms with Crippen molar-refractivity contribution >= 4 is 28.8 Å². The van der Waals surface area contributed by atoms with Gasteiger partial charge in [0.1, 0.15) is 0 Å². The number of aliphatic hydroxyl groups is 1. The Hall–Kier alpha value is -0.580. The second-order valence-electron chi connectivity index (χ2n) is 4.11. The van der Waals surface area contributed by atoms with Crippen LogP contribution in [0.4, 0.5) is 0 Å². The van der Waals surface area contributed by atoms with Gasteiger partial charge in [0.2, 0.25) is 0 Å². The molecule has 1 heterocycles. The van der Waals surface area contributed by atoms with E-state index in [1.165, 1.54) is 11.3 Å². The highest BCUT2D eigenvalue weighted by atomic mass is 35.5. The number of carbonyl (C=O) groups is 1. The van der Waals surface area contributed by atoms with Crippen molar-refractivity contribution in [3.63, 3.8) is 0 Å². The van der Waals surface area contributed by atoms with Gasteiger partial charge in [-0.2, -0.15) is 0 Å². The van der Waals surface area contributed by atoms with Crippen LogP contribution in [0.15, 0.2) is 12.1 Å². The normalized spacial score (nSPS) is 11.5. The summed E-state index contributed by atoms with van der Waals surface area (Å²) in [6.07, 6.45) is 0. The van der Waals surface area contributed by atoms with Crippen molar-refractivity contribution in [2.75, 3.05) is 13.2 Å². The van der Waals surface area contributed by atoms with E-state index in [1.807, 2.05) is 13.8 Å². The predicted molar refractivity (Wildman–Crippen MR) is 62.5 cm³/mol. The molecule has 3 nitrogen and oxygen atoms in total. The van der Waals surface area contributed by atoms with Crippen molar-refractivity contribution < 1.29 is 9.90 Å². The molecule has 15 heavy (non-hydrogen) atoms. The van der Waals surface area contributed by atoms with Crippen LogP contribution >= 0.6 is 22.9 Å². The van der Waals surface area contributed by atoms with Gasteiger partial charge in [0.05, 0.1) is 9.21 Å². The van der Waals surface area contributed by atoms with Crippen LogP contribution in [-0.2, 0) is 0 Å². The van der Waals surface area contributed by atoms with Crippen molar-refractivity contribution in [1.82, 2.24) is 5.32 Å². The Bertz CT molecular complexity index is 349. The number of hydrogen-bond acceptors (Lipinski definition) is 3. The fourth-order valence-electron chi connectivity index (χ4n) is 0.899. The summed E-state index contributed by atoms with van der Waals surface area (Å²) in [7, 11) is 0. The molecule has 0 unspecified atom stereocenters. The Morgan fingerprint density at radius 1 is 1.60 bits per heavy atom. The van der Waals surface area contributed by atoms with Gasteiger partial charge in [-0.25, -0.2) is 0 Å². The SMILES string of the molecule is CC(C)(CO)CNC(=O)c1ccc(Cl)s1. The monoisotopic (exact) mass is 247 g/mol. The Kier molecular flexibility index (Phi) is 4.13. The van der Waals surface area contributed by atoms with Gasteiger partial charge < -0.3 is 10.4 Å². The molecular formula is C10H14ClNO2S. The largest absolute Gasteiger partial charge is 0.396 e. The first-order chi connectivity index (χ1) is 6.94. The topological polar surface area (TPSA) is 49.3 Å². The molecule has 0 aromatic carbocycles. The summed E-state index contributed by atoms with van der Waals surface area (Å²) in [4.78, 5) is 12.2. The van der Waals surface area contributed by atoms with E-state index < -0.39 is 0 Å². The number of aliphatic hydroxyl groups excluding tert-OH is 1. The first-order valence-corrected chi connectivity index (χ1v) is 5.78. The number of halogens is 1. The molecule has 5 heteroatoms. The van der Waals surface area contributed by atoms with E-state index in [4.69, 9.17) is 16.7 Å².